The second kappa shape index (κ2) is 7.62. The Morgan fingerprint density at radius 2 is 2.00 bits per heavy atom. The Labute approximate surface area is 141 Å². The van der Waals surface area contributed by atoms with Gasteiger partial charge in [0, 0.05) is 30.1 Å². The SMILES string of the molecule is CNC(=O)C1CCN(C[C@H]2CO[C@@H](c3ccc(Cl)cc3)O2)CC1. The Balaban J connectivity index is 1.45. The molecule has 1 aromatic rings. The van der Waals surface area contributed by atoms with E-state index in [2.05, 4.69) is 10.2 Å². The number of amides is 1. The van der Waals surface area contributed by atoms with Gasteiger partial charge in [-0.1, -0.05) is 23.7 Å². The molecule has 5 nitrogen and oxygen atoms in total. The van der Waals surface area contributed by atoms with Gasteiger partial charge in [-0.25, -0.2) is 0 Å². The Hall–Kier alpha value is -1.14. The second-order valence-corrected chi connectivity index (χ2v) is 6.60. The number of benzene rings is 1. The van der Waals surface area contributed by atoms with E-state index in [1.165, 1.54) is 0 Å². The number of piperidine rings is 1. The maximum Gasteiger partial charge on any atom is 0.222 e. The lowest BCUT2D eigenvalue weighted by Crippen LogP contribution is -2.42. The van der Waals surface area contributed by atoms with Crippen molar-refractivity contribution in [3.8, 4) is 0 Å². The molecule has 0 aromatic heterocycles. The van der Waals surface area contributed by atoms with E-state index in [1.807, 2.05) is 24.3 Å². The lowest BCUT2D eigenvalue weighted by Gasteiger charge is -2.32. The fourth-order valence-corrected chi connectivity index (χ4v) is 3.33. The van der Waals surface area contributed by atoms with Crippen LogP contribution in [-0.2, 0) is 14.3 Å². The van der Waals surface area contributed by atoms with E-state index in [1.54, 1.807) is 7.05 Å². The van der Waals surface area contributed by atoms with Gasteiger partial charge in [0.2, 0.25) is 5.91 Å². The van der Waals surface area contributed by atoms with Crippen LogP contribution in [0.25, 0.3) is 0 Å². The summed E-state index contributed by atoms with van der Waals surface area (Å²) in [5, 5.41) is 3.45. The summed E-state index contributed by atoms with van der Waals surface area (Å²) in [5.74, 6) is 0.312. The first-order valence-electron chi connectivity index (χ1n) is 8.12. The maximum absolute atomic E-state index is 11.7. The van der Waals surface area contributed by atoms with E-state index < -0.39 is 0 Å². The van der Waals surface area contributed by atoms with Crippen molar-refractivity contribution in [1.29, 1.82) is 0 Å². The van der Waals surface area contributed by atoms with Crippen LogP contribution in [0.15, 0.2) is 24.3 Å². The van der Waals surface area contributed by atoms with Gasteiger partial charge in [-0.2, -0.15) is 0 Å². The lowest BCUT2D eigenvalue weighted by molar-refractivity contribution is -0.126. The van der Waals surface area contributed by atoms with E-state index >= 15 is 0 Å². The summed E-state index contributed by atoms with van der Waals surface area (Å²) in [6, 6.07) is 7.56. The molecular weight excluding hydrogens is 316 g/mol. The third-order valence-corrected chi connectivity index (χ3v) is 4.81. The van der Waals surface area contributed by atoms with Crippen molar-refractivity contribution in [2.75, 3.05) is 33.3 Å². The van der Waals surface area contributed by atoms with Crippen molar-refractivity contribution >= 4 is 17.5 Å². The molecule has 1 amide bonds. The van der Waals surface area contributed by atoms with Crippen LogP contribution in [0.5, 0.6) is 0 Å². The van der Waals surface area contributed by atoms with Crippen LogP contribution in [0.2, 0.25) is 5.02 Å². The first kappa shape index (κ1) is 16.7. The maximum atomic E-state index is 11.7. The predicted octanol–water partition coefficient (Wildman–Crippen LogP) is 2.21. The van der Waals surface area contributed by atoms with Gasteiger partial charge >= 0.3 is 0 Å². The van der Waals surface area contributed by atoms with Crippen LogP contribution in [0, 0.1) is 5.92 Å². The molecule has 0 unspecified atom stereocenters. The molecule has 0 aliphatic carbocycles. The Kier molecular flexibility index (Phi) is 5.54. The van der Waals surface area contributed by atoms with Gasteiger partial charge in [0.15, 0.2) is 6.29 Å². The highest BCUT2D eigenvalue weighted by Gasteiger charge is 2.31. The number of likely N-dealkylation sites (tertiary alicyclic amines) is 1. The van der Waals surface area contributed by atoms with Crippen LogP contribution in [0.4, 0.5) is 0 Å². The van der Waals surface area contributed by atoms with Gasteiger partial charge in [-0.05, 0) is 38.1 Å². The van der Waals surface area contributed by atoms with Gasteiger partial charge in [0.05, 0.1) is 12.7 Å². The summed E-state index contributed by atoms with van der Waals surface area (Å²) in [6.07, 6.45) is 1.59. The molecule has 0 radical (unpaired) electrons. The summed E-state index contributed by atoms with van der Waals surface area (Å²) in [4.78, 5) is 14.0. The molecule has 1 N–H and O–H groups in total. The standard InChI is InChI=1S/C17H23ClN2O3/c1-19-16(21)12-6-8-20(9-7-12)10-15-11-22-17(23-15)13-2-4-14(18)5-3-13/h2-5,12,15,17H,6-11H2,1H3,(H,19,21)/t15-,17+/m0/s1. The highest BCUT2D eigenvalue weighted by Crippen LogP contribution is 2.28. The molecule has 3 rings (SSSR count). The number of carbonyl (C=O) groups is 1. The number of ether oxygens (including phenoxy) is 2. The zero-order valence-electron chi connectivity index (χ0n) is 13.3. The van der Waals surface area contributed by atoms with Crippen molar-refractivity contribution in [1.82, 2.24) is 10.2 Å². The molecule has 2 saturated heterocycles. The first-order chi connectivity index (χ1) is 11.2. The fourth-order valence-electron chi connectivity index (χ4n) is 3.21. The predicted molar refractivity (Wildman–Crippen MR) is 88.2 cm³/mol. The van der Waals surface area contributed by atoms with E-state index in [9.17, 15) is 4.79 Å². The van der Waals surface area contributed by atoms with Gasteiger partial charge < -0.3 is 19.7 Å². The minimum atomic E-state index is -0.305. The second-order valence-electron chi connectivity index (χ2n) is 6.16. The summed E-state index contributed by atoms with van der Waals surface area (Å²) in [6.45, 7) is 3.32. The average molecular weight is 339 g/mol. The monoisotopic (exact) mass is 338 g/mol. The van der Waals surface area contributed by atoms with Crippen LogP contribution < -0.4 is 5.32 Å². The number of hydrogen-bond donors (Lipinski definition) is 1. The van der Waals surface area contributed by atoms with Crippen LogP contribution >= 0.6 is 11.6 Å². The van der Waals surface area contributed by atoms with Crippen molar-refractivity contribution in [3.05, 3.63) is 34.9 Å². The molecule has 2 aliphatic rings. The van der Waals surface area contributed by atoms with Crippen molar-refractivity contribution in [2.24, 2.45) is 5.92 Å². The Bertz CT molecular complexity index is 529. The number of hydrogen-bond acceptors (Lipinski definition) is 4. The summed E-state index contributed by atoms with van der Waals surface area (Å²) >= 11 is 5.90. The summed E-state index contributed by atoms with van der Waals surface area (Å²) in [7, 11) is 1.70. The molecule has 2 fully saturated rings. The first-order valence-corrected chi connectivity index (χ1v) is 8.50. The molecule has 2 aliphatic heterocycles. The molecule has 2 heterocycles. The zero-order chi connectivity index (χ0) is 16.2. The molecular formula is C17H23ClN2O3. The van der Waals surface area contributed by atoms with Crippen LogP contribution in [-0.4, -0.2) is 50.2 Å². The Morgan fingerprint density at radius 3 is 2.65 bits per heavy atom. The van der Waals surface area contributed by atoms with E-state index in [0.29, 0.717) is 11.6 Å². The van der Waals surface area contributed by atoms with Crippen LogP contribution in [0.1, 0.15) is 24.7 Å². The van der Waals surface area contributed by atoms with Gasteiger partial charge in [0.1, 0.15) is 0 Å². The summed E-state index contributed by atoms with van der Waals surface area (Å²) < 4.78 is 11.8. The number of nitrogens with zero attached hydrogens (tertiary/aromatic N) is 1. The highest BCUT2D eigenvalue weighted by atomic mass is 35.5. The quantitative estimate of drug-likeness (QED) is 0.914. The normalized spacial score (nSPS) is 26.3. The highest BCUT2D eigenvalue weighted by molar-refractivity contribution is 6.30. The minimum absolute atomic E-state index is 0.0761. The van der Waals surface area contributed by atoms with E-state index in [0.717, 1.165) is 38.0 Å². The topological polar surface area (TPSA) is 50.8 Å². The molecule has 23 heavy (non-hydrogen) atoms. The number of halogens is 1. The third-order valence-electron chi connectivity index (χ3n) is 4.56. The molecule has 1 aromatic carbocycles. The van der Waals surface area contributed by atoms with Crippen molar-refractivity contribution in [3.63, 3.8) is 0 Å². The van der Waals surface area contributed by atoms with Crippen molar-refractivity contribution < 1.29 is 14.3 Å². The van der Waals surface area contributed by atoms with E-state index in [4.69, 9.17) is 21.1 Å². The average Bonchev–Trinajstić information content (AvgIpc) is 3.04. The smallest absolute Gasteiger partial charge is 0.222 e. The third kappa shape index (κ3) is 4.23. The number of nitrogens with one attached hydrogen (secondary N) is 1. The minimum Gasteiger partial charge on any atom is -0.359 e. The lowest BCUT2D eigenvalue weighted by atomic mass is 9.96. The van der Waals surface area contributed by atoms with Gasteiger partial charge in [0.25, 0.3) is 0 Å². The van der Waals surface area contributed by atoms with Crippen molar-refractivity contribution in [2.45, 2.75) is 25.2 Å². The van der Waals surface area contributed by atoms with E-state index in [-0.39, 0.29) is 24.2 Å². The number of rotatable bonds is 4. The Morgan fingerprint density at radius 1 is 1.30 bits per heavy atom. The number of carbonyl (C=O) groups excluding carboxylic acids is 1. The molecule has 126 valence electrons. The summed E-state index contributed by atoms with van der Waals surface area (Å²) in [5.41, 5.74) is 0.996. The van der Waals surface area contributed by atoms with Crippen LogP contribution in [0.3, 0.4) is 0 Å². The molecule has 0 spiro atoms. The largest absolute Gasteiger partial charge is 0.359 e. The molecule has 0 saturated carbocycles. The molecule has 6 heteroatoms. The molecule has 2 atom stereocenters. The van der Waals surface area contributed by atoms with Gasteiger partial charge in [-0.3, -0.25) is 4.79 Å². The zero-order valence-corrected chi connectivity index (χ0v) is 14.1. The molecule has 0 bridgehead atoms. The van der Waals surface area contributed by atoms with Gasteiger partial charge in [-0.15, -0.1) is 0 Å². The fraction of sp³-hybridized carbons (Fsp3) is 0.588.